The zero-order chi connectivity index (χ0) is 18.0. The third-order valence-electron chi connectivity index (χ3n) is 3.32. The quantitative estimate of drug-likeness (QED) is 0.610. The summed E-state index contributed by atoms with van der Waals surface area (Å²) in [6, 6.07) is 0. The molecule has 0 aromatic carbocycles. The predicted molar refractivity (Wildman–Crippen MR) is 100 cm³/mol. The molecule has 0 spiro atoms. The lowest BCUT2D eigenvalue weighted by atomic mass is 9.85. The van der Waals surface area contributed by atoms with E-state index < -0.39 is 0 Å². The lowest BCUT2D eigenvalue weighted by Crippen LogP contribution is -2.36. The minimum absolute atomic E-state index is 0.151. The molecule has 2 heteroatoms. The van der Waals surface area contributed by atoms with Crippen LogP contribution in [0.3, 0.4) is 0 Å². The molecule has 0 aromatic heterocycles. The molecule has 0 radical (unpaired) electrons. The number of ketones is 1. The number of Topliss-reactive ketones (excluding diaryl/α,β-unsaturated/α-hetero) is 1. The Kier molecular flexibility index (Phi) is 11.3. The van der Waals surface area contributed by atoms with Crippen molar-refractivity contribution in [2.75, 3.05) is 6.54 Å². The molecule has 0 fully saturated rings. The van der Waals surface area contributed by atoms with Crippen molar-refractivity contribution in [2.24, 2.45) is 10.8 Å². The highest BCUT2D eigenvalue weighted by molar-refractivity contribution is 5.83. The Bertz CT molecular complexity index is 286. The van der Waals surface area contributed by atoms with Crippen LogP contribution in [0.2, 0.25) is 0 Å². The minimum atomic E-state index is -0.151. The maximum absolute atomic E-state index is 11.6. The van der Waals surface area contributed by atoms with E-state index in [4.69, 9.17) is 0 Å². The highest BCUT2D eigenvalue weighted by Crippen LogP contribution is 2.24. The first-order valence-electron chi connectivity index (χ1n) is 8.97. The highest BCUT2D eigenvalue weighted by Gasteiger charge is 2.20. The summed E-state index contributed by atoms with van der Waals surface area (Å²) in [4.78, 5) is 11.6. The van der Waals surface area contributed by atoms with Gasteiger partial charge >= 0.3 is 0 Å². The van der Waals surface area contributed by atoms with Crippen molar-refractivity contribution in [3.8, 4) is 0 Å². The van der Waals surface area contributed by atoms with Gasteiger partial charge in [-0.25, -0.2) is 0 Å². The molecule has 0 saturated heterocycles. The van der Waals surface area contributed by atoms with Crippen molar-refractivity contribution in [3.63, 3.8) is 0 Å². The summed E-state index contributed by atoms with van der Waals surface area (Å²) in [5.41, 5.74) is 0.558. The van der Waals surface area contributed by atoms with Crippen LogP contribution in [-0.4, -0.2) is 17.9 Å². The summed E-state index contributed by atoms with van der Waals surface area (Å²) in [7, 11) is 0. The maximum Gasteiger partial charge on any atom is 0.138 e. The van der Waals surface area contributed by atoms with E-state index in [-0.39, 0.29) is 5.41 Å². The van der Waals surface area contributed by atoms with Gasteiger partial charge in [-0.15, -0.1) is 0 Å². The maximum atomic E-state index is 11.6. The van der Waals surface area contributed by atoms with E-state index in [0.29, 0.717) is 16.7 Å². The molecule has 22 heavy (non-hydrogen) atoms. The summed E-state index contributed by atoms with van der Waals surface area (Å²) < 4.78 is 0. The Morgan fingerprint density at radius 2 is 1.36 bits per heavy atom. The van der Waals surface area contributed by atoms with Gasteiger partial charge in [0.25, 0.3) is 0 Å². The van der Waals surface area contributed by atoms with Gasteiger partial charge in [-0.1, -0.05) is 54.9 Å². The fourth-order valence-corrected chi connectivity index (χ4v) is 1.82. The molecule has 0 atom stereocenters. The highest BCUT2D eigenvalue weighted by atomic mass is 16.1. The van der Waals surface area contributed by atoms with Gasteiger partial charge in [0.2, 0.25) is 0 Å². The second kappa shape index (κ2) is 10.4. The zero-order valence-corrected chi connectivity index (χ0v) is 17.2. The second-order valence-electron chi connectivity index (χ2n) is 9.62. The van der Waals surface area contributed by atoms with Crippen LogP contribution in [0.25, 0.3) is 0 Å². The minimum Gasteiger partial charge on any atom is -0.312 e. The van der Waals surface area contributed by atoms with Crippen LogP contribution in [0.15, 0.2) is 0 Å². The van der Waals surface area contributed by atoms with E-state index in [1.54, 1.807) is 0 Å². The van der Waals surface area contributed by atoms with E-state index in [0.717, 1.165) is 19.4 Å². The molecule has 0 bridgehead atoms. The van der Waals surface area contributed by atoms with Crippen LogP contribution in [0, 0.1) is 10.8 Å². The number of carbonyl (C=O) groups is 1. The molecule has 0 aromatic rings. The van der Waals surface area contributed by atoms with Crippen molar-refractivity contribution < 1.29 is 4.79 Å². The van der Waals surface area contributed by atoms with Gasteiger partial charge in [-0.05, 0) is 52.0 Å². The number of nitrogens with one attached hydrogen (secondary N) is 1. The molecule has 0 rings (SSSR count). The molecule has 0 heterocycles. The second-order valence-corrected chi connectivity index (χ2v) is 9.62. The Morgan fingerprint density at radius 1 is 0.864 bits per heavy atom. The van der Waals surface area contributed by atoms with Gasteiger partial charge in [0.15, 0.2) is 0 Å². The van der Waals surface area contributed by atoms with Crippen LogP contribution in [0.1, 0.15) is 101 Å². The van der Waals surface area contributed by atoms with E-state index in [1.165, 1.54) is 19.3 Å². The molecule has 0 amide bonds. The zero-order valence-electron chi connectivity index (χ0n) is 17.2. The normalized spacial score (nSPS) is 12.6. The largest absolute Gasteiger partial charge is 0.312 e. The van der Waals surface area contributed by atoms with Crippen molar-refractivity contribution >= 4 is 5.78 Å². The van der Waals surface area contributed by atoms with Crippen LogP contribution >= 0.6 is 0 Å². The number of unbranched alkanes of at least 4 members (excludes halogenated alkanes) is 1. The monoisotopic (exact) mass is 313 g/mol. The van der Waals surface area contributed by atoms with E-state index in [9.17, 15) is 4.79 Å². The van der Waals surface area contributed by atoms with Crippen LogP contribution in [0.5, 0.6) is 0 Å². The summed E-state index contributed by atoms with van der Waals surface area (Å²) in [6.45, 7) is 22.6. The van der Waals surface area contributed by atoms with Gasteiger partial charge in [0.1, 0.15) is 5.78 Å². The molecule has 0 saturated carbocycles. The summed E-state index contributed by atoms with van der Waals surface area (Å²) in [5.74, 6) is 0.395. The summed E-state index contributed by atoms with van der Waals surface area (Å²) in [6.07, 6.45) is 5.40. The Hall–Kier alpha value is -0.370. The van der Waals surface area contributed by atoms with Gasteiger partial charge in [0, 0.05) is 17.4 Å². The van der Waals surface area contributed by atoms with Gasteiger partial charge < -0.3 is 5.32 Å². The van der Waals surface area contributed by atoms with Crippen molar-refractivity contribution in [2.45, 2.75) is 107 Å². The Labute approximate surface area is 140 Å². The average Bonchev–Trinajstić information content (AvgIpc) is 2.29. The van der Waals surface area contributed by atoms with E-state index in [2.05, 4.69) is 53.8 Å². The first-order valence-corrected chi connectivity index (χ1v) is 8.97. The summed E-state index contributed by atoms with van der Waals surface area (Å²) >= 11 is 0. The molecule has 1 N–H and O–H groups in total. The molecule has 0 unspecified atom stereocenters. The number of carbonyl (C=O) groups excluding carboxylic acids is 1. The first-order chi connectivity index (χ1) is 9.69. The van der Waals surface area contributed by atoms with Crippen LogP contribution in [0.4, 0.5) is 0 Å². The lowest BCUT2D eigenvalue weighted by Gasteiger charge is -2.19. The third-order valence-corrected chi connectivity index (χ3v) is 3.32. The molecular weight excluding hydrogens is 270 g/mol. The molecule has 2 nitrogen and oxygen atoms in total. The molecule has 0 aliphatic heterocycles. The van der Waals surface area contributed by atoms with Crippen molar-refractivity contribution in [1.29, 1.82) is 0 Å². The van der Waals surface area contributed by atoms with Crippen LogP contribution < -0.4 is 5.32 Å². The van der Waals surface area contributed by atoms with Gasteiger partial charge in [-0.3, -0.25) is 4.79 Å². The van der Waals surface area contributed by atoms with Crippen molar-refractivity contribution in [3.05, 3.63) is 0 Å². The Morgan fingerprint density at radius 3 is 1.64 bits per heavy atom. The number of hydrogen-bond acceptors (Lipinski definition) is 2. The molecular formula is C20H43NO. The third kappa shape index (κ3) is 19.6. The number of rotatable bonds is 6. The van der Waals surface area contributed by atoms with Gasteiger partial charge in [0.05, 0.1) is 0 Å². The SMILES string of the molecule is CC(C)(C)CCCCC(=O)C(C)(C)C.CCCNC(C)(C)C. The molecule has 0 aliphatic rings. The standard InChI is InChI=1S/C13H26O.C7H17N/c1-12(2,3)10-8-7-9-11(14)13(4,5)6;1-5-6-8-7(2,3)4/h7-10H2,1-6H3;8H,5-6H2,1-4H3. The molecule has 134 valence electrons. The first kappa shape index (κ1) is 23.9. The number of hydrogen-bond donors (Lipinski definition) is 1. The van der Waals surface area contributed by atoms with E-state index in [1.807, 2.05) is 20.8 Å². The average molecular weight is 314 g/mol. The topological polar surface area (TPSA) is 29.1 Å². The van der Waals surface area contributed by atoms with E-state index >= 15 is 0 Å². The fourth-order valence-electron chi connectivity index (χ4n) is 1.82. The Balaban J connectivity index is 0. The predicted octanol–water partition coefficient (Wildman–Crippen LogP) is 5.99. The fraction of sp³-hybridized carbons (Fsp3) is 0.950. The summed E-state index contributed by atoms with van der Waals surface area (Å²) in [5, 5.41) is 3.37. The molecule has 0 aliphatic carbocycles. The van der Waals surface area contributed by atoms with Crippen molar-refractivity contribution in [1.82, 2.24) is 5.32 Å². The van der Waals surface area contributed by atoms with Gasteiger partial charge in [-0.2, -0.15) is 0 Å². The van der Waals surface area contributed by atoms with Crippen LogP contribution in [-0.2, 0) is 4.79 Å². The smallest absolute Gasteiger partial charge is 0.138 e. The lowest BCUT2D eigenvalue weighted by molar-refractivity contribution is -0.126.